The topological polar surface area (TPSA) is 75.5 Å². The molecule has 0 aliphatic carbocycles. The molecule has 2 aromatic carbocycles. The quantitative estimate of drug-likeness (QED) is 0.435. The van der Waals surface area contributed by atoms with Crippen molar-refractivity contribution >= 4 is 38.4 Å². The van der Waals surface area contributed by atoms with E-state index in [0.717, 1.165) is 64.2 Å². The van der Waals surface area contributed by atoms with E-state index in [-0.39, 0.29) is 11.9 Å². The summed E-state index contributed by atoms with van der Waals surface area (Å²) in [5, 5.41) is 8.93. The van der Waals surface area contributed by atoms with Gasteiger partial charge in [-0.05, 0) is 62.2 Å². The number of anilines is 2. The summed E-state index contributed by atoms with van der Waals surface area (Å²) in [4.78, 5) is 22.1. The van der Waals surface area contributed by atoms with Crippen molar-refractivity contribution in [1.29, 1.82) is 0 Å². The first-order chi connectivity index (χ1) is 16.9. The monoisotopic (exact) mass is 490 g/mol. The number of hydrogen-bond donors (Lipinski definition) is 1. The minimum atomic E-state index is -0.0117. The number of carbonyl (C=O) groups excluding carboxylic acids is 1. The molecule has 0 bridgehead atoms. The van der Waals surface area contributed by atoms with Crippen LogP contribution in [0.5, 0.6) is 5.75 Å². The molecule has 3 heterocycles. The van der Waals surface area contributed by atoms with E-state index in [2.05, 4.69) is 10.2 Å². The van der Waals surface area contributed by atoms with Crippen LogP contribution in [-0.4, -0.2) is 61.0 Å². The summed E-state index contributed by atoms with van der Waals surface area (Å²) in [6, 6.07) is 15.7. The molecule has 0 saturated carbocycles. The van der Waals surface area contributed by atoms with Gasteiger partial charge in [0.15, 0.2) is 10.8 Å². The molecule has 8 nitrogen and oxygen atoms in total. The van der Waals surface area contributed by atoms with Gasteiger partial charge in [0, 0.05) is 44.5 Å². The lowest BCUT2D eigenvalue weighted by molar-refractivity contribution is 0.0931. The van der Waals surface area contributed by atoms with Crippen LogP contribution in [-0.2, 0) is 0 Å². The van der Waals surface area contributed by atoms with Crippen LogP contribution in [0.1, 0.15) is 28.9 Å². The first-order valence-corrected chi connectivity index (χ1v) is 12.6. The van der Waals surface area contributed by atoms with Crippen molar-refractivity contribution in [3.63, 3.8) is 0 Å². The number of nitrogens with zero attached hydrogens (tertiary/aromatic N) is 5. The Morgan fingerprint density at radius 3 is 2.57 bits per heavy atom. The summed E-state index contributed by atoms with van der Waals surface area (Å²) < 4.78 is 8.28. The zero-order valence-electron chi connectivity index (χ0n) is 20.5. The lowest BCUT2D eigenvalue weighted by Gasteiger charge is -2.32. The van der Waals surface area contributed by atoms with Gasteiger partial charge in [0.05, 0.1) is 23.2 Å². The van der Waals surface area contributed by atoms with Crippen LogP contribution < -0.4 is 19.9 Å². The van der Waals surface area contributed by atoms with Gasteiger partial charge in [-0.1, -0.05) is 17.4 Å². The molecule has 4 aromatic rings. The van der Waals surface area contributed by atoms with Gasteiger partial charge in [-0.15, -0.1) is 0 Å². The van der Waals surface area contributed by atoms with Gasteiger partial charge in [0.2, 0.25) is 0 Å². The van der Waals surface area contributed by atoms with Crippen molar-refractivity contribution in [2.24, 2.45) is 0 Å². The standard InChI is InChI=1S/C26H30N6O2S/c1-17-23-24(32(29-17)20-8-10-22(34-4)11-9-20)28-26(35-23)31-14-12-19(13-15-31)27-25(33)18-6-5-7-21(16-18)30(2)3/h5-11,16,19H,12-15H2,1-4H3,(H,27,33). The van der Waals surface area contributed by atoms with E-state index in [4.69, 9.17) is 14.8 Å². The Balaban J connectivity index is 1.26. The number of fused-ring (bicyclic) bond motifs is 1. The summed E-state index contributed by atoms with van der Waals surface area (Å²) in [6.45, 7) is 3.74. The molecule has 0 atom stereocenters. The Morgan fingerprint density at radius 1 is 1.14 bits per heavy atom. The van der Waals surface area contributed by atoms with Gasteiger partial charge in [-0.2, -0.15) is 10.1 Å². The maximum Gasteiger partial charge on any atom is 0.251 e. The maximum absolute atomic E-state index is 12.8. The molecular weight excluding hydrogens is 460 g/mol. The summed E-state index contributed by atoms with van der Waals surface area (Å²) in [5.74, 6) is 0.801. The number of hydrogen-bond acceptors (Lipinski definition) is 7. The van der Waals surface area contributed by atoms with Gasteiger partial charge in [0.25, 0.3) is 5.91 Å². The number of ether oxygens (including phenoxy) is 1. The number of methoxy groups -OCH3 is 1. The fourth-order valence-electron chi connectivity index (χ4n) is 4.37. The number of piperidine rings is 1. The van der Waals surface area contributed by atoms with Crippen LogP contribution in [0, 0.1) is 6.92 Å². The van der Waals surface area contributed by atoms with Crippen molar-refractivity contribution in [3.8, 4) is 11.4 Å². The molecule has 35 heavy (non-hydrogen) atoms. The lowest BCUT2D eigenvalue weighted by Crippen LogP contribution is -2.44. The van der Waals surface area contributed by atoms with Crippen LogP contribution in [0.4, 0.5) is 10.8 Å². The highest BCUT2D eigenvalue weighted by molar-refractivity contribution is 7.22. The van der Waals surface area contributed by atoms with E-state index >= 15 is 0 Å². The van der Waals surface area contributed by atoms with E-state index in [9.17, 15) is 4.79 Å². The van der Waals surface area contributed by atoms with E-state index in [1.165, 1.54) is 0 Å². The smallest absolute Gasteiger partial charge is 0.251 e. The Labute approximate surface area is 209 Å². The first kappa shape index (κ1) is 23.2. The molecule has 1 fully saturated rings. The molecule has 1 N–H and O–H groups in total. The minimum absolute atomic E-state index is 0.0117. The van der Waals surface area contributed by atoms with E-state index < -0.39 is 0 Å². The number of nitrogens with one attached hydrogen (secondary N) is 1. The van der Waals surface area contributed by atoms with Crippen LogP contribution in [0.3, 0.4) is 0 Å². The maximum atomic E-state index is 12.8. The van der Waals surface area contributed by atoms with E-state index in [1.54, 1.807) is 18.4 Å². The predicted molar refractivity (Wildman–Crippen MR) is 142 cm³/mol. The Kier molecular flexibility index (Phi) is 6.34. The summed E-state index contributed by atoms with van der Waals surface area (Å²) in [7, 11) is 5.62. The highest BCUT2D eigenvalue weighted by atomic mass is 32.1. The fourth-order valence-corrected chi connectivity index (χ4v) is 5.41. The number of thiazole rings is 1. The van der Waals surface area contributed by atoms with Crippen LogP contribution in [0.25, 0.3) is 16.0 Å². The molecule has 9 heteroatoms. The molecule has 2 aromatic heterocycles. The van der Waals surface area contributed by atoms with Crippen molar-refractivity contribution in [2.45, 2.75) is 25.8 Å². The molecular formula is C26H30N6O2S. The average molecular weight is 491 g/mol. The van der Waals surface area contributed by atoms with E-state index in [0.29, 0.717) is 5.56 Å². The van der Waals surface area contributed by atoms with Crippen LogP contribution in [0.2, 0.25) is 0 Å². The third-order valence-corrected chi connectivity index (χ3v) is 7.63. The second-order valence-corrected chi connectivity index (χ2v) is 10.0. The highest BCUT2D eigenvalue weighted by Gasteiger charge is 2.25. The van der Waals surface area contributed by atoms with Gasteiger partial charge < -0.3 is 19.9 Å². The van der Waals surface area contributed by atoms with Gasteiger partial charge in [0.1, 0.15) is 5.75 Å². The number of carbonyl (C=O) groups is 1. The second kappa shape index (κ2) is 9.58. The summed E-state index contributed by atoms with van der Waals surface area (Å²) >= 11 is 1.68. The second-order valence-electron chi connectivity index (χ2n) is 9.02. The molecule has 1 aliphatic rings. The van der Waals surface area contributed by atoms with Gasteiger partial charge in [-0.3, -0.25) is 4.79 Å². The summed E-state index contributed by atoms with van der Waals surface area (Å²) in [6.07, 6.45) is 1.78. The normalized spacial score (nSPS) is 14.3. The SMILES string of the molecule is COc1ccc(-n2nc(C)c3sc(N4CCC(NC(=O)c5cccc(N(C)C)c5)CC4)nc32)cc1. The number of amides is 1. The van der Waals surface area contributed by atoms with Crippen molar-refractivity contribution in [2.75, 3.05) is 44.1 Å². The number of aromatic nitrogens is 3. The van der Waals surface area contributed by atoms with Gasteiger partial charge >= 0.3 is 0 Å². The summed E-state index contributed by atoms with van der Waals surface area (Å²) in [5.41, 5.74) is 4.53. The molecule has 1 saturated heterocycles. The third-order valence-electron chi connectivity index (χ3n) is 6.42. The lowest BCUT2D eigenvalue weighted by atomic mass is 10.0. The van der Waals surface area contributed by atoms with Crippen molar-refractivity contribution < 1.29 is 9.53 Å². The molecule has 0 radical (unpaired) electrons. The molecule has 1 amide bonds. The molecule has 0 unspecified atom stereocenters. The Hall–Kier alpha value is -3.59. The minimum Gasteiger partial charge on any atom is -0.497 e. The van der Waals surface area contributed by atoms with Crippen LogP contribution in [0.15, 0.2) is 48.5 Å². The molecule has 182 valence electrons. The number of benzene rings is 2. The van der Waals surface area contributed by atoms with Crippen molar-refractivity contribution in [1.82, 2.24) is 20.1 Å². The Bertz CT molecular complexity index is 1340. The largest absolute Gasteiger partial charge is 0.497 e. The van der Waals surface area contributed by atoms with Gasteiger partial charge in [-0.25, -0.2) is 4.68 Å². The fraction of sp³-hybridized carbons (Fsp3) is 0.346. The zero-order valence-corrected chi connectivity index (χ0v) is 21.3. The molecule has 1 aliphatic heterocycles. The number of rotatable bonds is 6. The molecule has 0 spiro atoms. The van der Waals surface area contributed by atoms with E-state index in [1.807, 2.05) is 79.1 Å². The Morgan fingerprint density at radius 2 is 1.89 bits per heavy atom. The average Bonchev–Trinajstić information content (AvgIpc) is 3.45. The van der Waals surface area contributed by atoms with Crippen LogP contribution >= 0.6 is 11.3 Å². The molecule has 5 rings (SSSR count). The highest BCUT2D eigenvalue weighted by Crippen LogP contribution is 2.34. The third kappa shape index (κ3) is 4.68. The number of aryl methyl sites for hydroxylation is 1. The zero-order chi connectivity index (χ0) is 24.5. The van der Waals surface area contributed by atoms with Crippen molar-refractivity contribution in [3.05, 3.63) is 59.8 Å². The first-order valence-electron chi connectivity index (χ1n) is 11.8. The predicted octanol–water partition coefficient (Wildman–Crippen LogP) is 4.26.